The van der Waals surface area contributed by atoms with Gasteiger partial charge < -0.3 is 10.2 Å². The van der Waals surface area contributed by atoms with Crippen LogP contribution in [0.3, 0.4) is 0 Å². The van der Waals surface area contributed by atoms with Gasteiger partial charge in [-0.25, -0.2) is 19.4 Å². The van der Waals surface area contributed by atoms with Crippen molar-refractivity contribution >= 4 is 11.9 Å². The molecule has 1 aliphatic heterocycles. The first-order valence-corrected chi connectivity index (χ1v) is 2.41. The van der Waals surface area contributed by atoms with Gasteiger partial charge in [-0.1, -0.05) is 0 Å². The van der Waals surface area contributed by atoms with Gasteiger partial charge in [-0.2, -0.15) is 0 Å². The van der Waals surface area contributed by atoms with Crippen molar-refractivity contribution in [1.29, 1.82) is 0 Å². The lowest BCUT2D eigenvalue weighted by molar-refractivity contribution is -0.289. The number of aliphatic hydroxyl groups excluding tert-OH is 2. The highest BCUT2D eigenvalue weighted by Gasteiger charge is 2.39. The summed E-state index contributed by atoms with van der Waals surface area (Å²) in [6.45, 7) is 0. The molecular formula is C4H4O6. The molecule has 6 nitrogen and oxygen atoms in total. The van der Waals surface area contributed by atoms with E-state index >= 15 is 0 Å². The number of aliphatic hydroxyl groups is 2. The number of hydrogen-bond donors (Lipinski definition) is 2. The zero-order valence-electron chi connectivity index (χ0n) is 4.68. The third-order valence-electron chi connectivity index (χ3n) is 0.988. The van der Waals surface area contributed by atoms with Crippen molar-refractivity contribution in [2.45, 2.75) is 12.2 Å². The van der Waals surface area contributed by atoms with E-state index in [1.165, 1.54) is 0 Å². The van der Waals surface area contributed by atoms with Gasteiger partial charge in [-0.15, -0.1) is 0 Å². The molecule has 0 saturated carbocycles. The molecule has 1 saturated heterocycles. The molecule has 1 fully saturated rings. The Labute approximate surface area is 54.9 Å². The highest BCUT2D eigenvalue weighted by Crippen LogP contribution is 2.06. The van der Waals surface area contributed by atoms with Crippen LogP contribution in [0.1, 0.15) is 0 Å². The summed E-state index contributed by atoms with van der Waals surface area (Å²) in [7, 11) is 0. The van der Waals surface area contributed by atoms with Gasteiger partial charge in [0.05, 0.1) is 0 Å². The van der Waals surface area contributed by atoms with Gasteiger partial charge >= 0.3 is 11.9 Å². The summed E-state index contributed by atoms with van der Waals surface area (Å²) in [5, 5.41) is 17.2. The minimum Gasteiger partial charge on any atom is -0.378 e. The van der Waals surface area contributed by atoms with Crippen molar-refractivity contribution in [3.63, 3.8) is 0 Å². The van der Waals surface area contributed by atoms with Gasteiger partial charge in [0.15, 0.2) is 12.2 Å². The highest BCUT2D eigenvalue weighted by molar-refractivity contribution is 5.87. The average molecular weight is 148 g/mol. The Morgan fingerprint density at radius 2 is 1.30 bits per heavy atom. The van der Waals surface area contributed by atoms with Gasteiger partial charge in [0, 0.05) is 0 Å². The van der Waals surface area contributed by atoms with Crippen LogP contribution in [0, 0.1) is 0 Å². The van der Waals surface area contributed by atoms with Crippen LogP contribution in [0.15, 0.2) is 0 Å². The molecule has 2 N–H and O–H groups in total. The molecule has 6 heteroatoms. The average Bonchev–Trinajstić information content (AvgIpc) is 1.93. The molecular weight excluding hydrogens is 144 g/mol. The highest BCUT2D eigenvalue weighted by atomic mass is 17.2. The van der Waals surface area contributed by atoms with E-state index in [1.807, 2.05) is 0 Å². The third-order valence-corrected chi connectivity index (χ3v) is 0.988. The van der Waals surface area contributed by atoms with Gasteiger partial charge in [0.2, 0.25) is 0 Å². The summed E-state index contributed by atoms with van der Waals surface area (Å²) in [6, 6.07) is 0. The maximum absolute atomic E-state index is 10.2. The van der Waals surface area contributed by atoms with Gasteiger partial charge in [-0.05, 0) is 0 Å². The maximum atomic E-state index is 10.2. The van der Waals surface area contributed by atoms with Crippen LogP contribution in [0.4, 0.5) is 0 Å². The Hall–Kier alpha value is -1.14. The van der Waals surface area contributed by atoms with Crippen molar-refractivity contribution in [1.82, 2.24) is 0 Å². The Morgan fingerprint density at radius 3 is 1.60 bits per heavy atom. The Kier molecular flexibility index (Phi) is 1.56. The second-order valence-corrected chi connectivity index (χ2v) is 1.69. The van der Waals surface area contributed by atoms with E-state index in [1.54, 1.807) is 0 Å². The molecule has 0 radical (unpaired) electrons. The normalized spacial score (nSPS) is 33.0. The maximum Gasteiger partial charge on any atom is 0.387 e. The van der Waals surface area contributed by atoms with E-state index < -0.39 is 24.1 Å². The molecule has 0 amide bonds. The molecule has 10 heavy (non-hydrogen) atoms. The second kappa shape index (κ2) is 2.24. The van der Waals surface area contributed by atoms with E-state index in [0.717, 1.165) is 0 Å². The fourth-order valence-electron chi connectivity index (χ4n) is 0.439. The van der Waals surface area contributed by atoms with Crippen molar-refractivity contribution in [3.05, 3.63) is 0 Å². The lowest BCUT2D eigenvalue weighted by Crippen LogP contribution is -2.46. The predicted octanol–water partition coefficient (Wildman–Crippen LogP) is -2.28. The monoisotopic (exact) mass is 148 g/mol. The number of carbonyl (C=O) groups is 2. The summed E-state index contributed by atoms with van der Waals surface area (Å²) in [6.07, 6.45) is -3.66. The lowest BCUT2D eigenvalue weighted by Gasteiger charge is -2.17. The minimum absolute atomic E-state index is 1.17. The third kappa shape index (κ3) is 0.937. The topological polar surface area (TPSA) is 93.1 Å². The molecule has 0 aromatic heterocycles. The van der Waals surface area contributed by atoms with Gasteiger partial charge in [0.25, 0.3) is 0 Å². The van der Waals surface area contributed by atoms with E-state index in [-0.39, 0.29) is 0 Å². The molecule has 1 heterocycles. The molecule has 1 rings (SSSR count). The SMILES string of the molecule is O=C1OOC(=O)C(O)C1O. The van der Waals surface area contributed by atoms with Crippen LogP contribution in [0.25, 0.3) is 0 Å². The van der Waals surface area contributed by atoms with Crippen molar-refractivity contribution in [2.75, 3.05) is 0 Å². The second-order valence-electron chi connectivity index (χ2n) is 1.69. The van der Waals surface area contributed by atoms with Crippen LogP contribution in [-0.4, -0.2) is 34.4 Å². The van der Waals surface area contributed by atoms with Crippen LogP contribution in [0.2, 0.25) is 0 Å². The quantitative estimate of drug-likeness (QED) is 0.376. The lowest BCUT2D eigenvalue weighted by atomic mass is 10.2. The standard InChI is InChI=1S/C4H4O6/c5-1-2(6)4(8)10-9-3(1)7/h1-2,5-6H. The smallest absolute Gasteiger partial charge is 0.378 e. The Bertz CT molecular complexity index is 155. The van der Waals surface area contributed by atoms with Crippen molar-refractivity contribution in [3.8, 4) is 0 Å². The summed E-state index contributed by atoms with van der Waals surface area (Å²) < 4.78 is 0. The Balaban J connectivity index is 2.69. The summed E-state index contributed by atoms with van der Waals surface area (Å²) in [5.74, 6) is -2.35. The first kappa shape index (κ1) is 6.97. The zero-order chi connectivity index (χ0) is 7.72. The molecule has 0 aliphatic carbocycles. The molecule has 0 aromatic rings. The predicted molar refractivity (Wildman–Crippen MR) is 24.2 cm³/mol. The van der Waals surface area contributed by atoms with Crippen molar-refractivity contribution < 1.29 is 29.6 Å². The van der Waals surface area contributed by atoms with E-state index in [0.29, 0.717) is 0 Å². The largest absolute Gasteiger partial charge is 0.387 e. The van der Waals surface area contributed by atoms with Crippen LogP contribution in [0.5, 0.6) is 0 Å². The molecule has 2 atom stereocenters. The molecule has 0 spiro atoms. The first-order chi connectivity index (χ1) is 4.63. The van der Waals surface area contributed by atoms with Crippen LogP contribution < -0.4 is 0 Å². The van der Waals surface area contributed by atoms with E-state index in [2.05, 4.69) is 9.78 Å². The zero-order valence-corrected chi connectivity index (χ0v) is 4.68. The van der Waals surface area contributed by atoms with Crippen LogP contribution >= 0.6 is 0 Å². The summed E-state index contributed by atoms with van der Waals surface area (Å²) in [4.78, 5) is 27.8. The summed E-state index contributed by atoms with van der Waals surface area (Å²) in [5.41, 5.74) is 0. The summed E-state index contributed by atoms with van der Waals surface area (Å²) >= 11 is 0. The number of carbonyl (C=O) groups excluding carboxylic acids is 2. The van der Waals surface area contributed by atoms with Gasteiger partial charge in [-0.3, -0.25) is 0 Å². The molecule has 0 aromatic carbocycles. The van der Waals surface area contributed by atoms with E-state index in [4.69, 9.17) is 10.2 Å². The minimum atomic E-state index is -1.83. The first-order valence-electron chi connectivity index (χ1n) is 2.41. The molecule has 2 unspecified atom stereocenters. The van der Waals surface area contributed by atoms with Crippen LogP contribution in [-0.2, 0) is 19.4 Å². The fraction of sp³-hybridized carbons (Fsp3) is 0.500. The molecule has 1 aliphatic rings. The van der Waals surface area contributed by atoms with E-state index in [9.17, 15) is 9.59 Å². The molecule has 0 bridgehead atoms. The Morgan fingerprint density at radius 1 is 1.00 bits per heavy atom. The van der Waals surface area contributed by atoms with Gasteiger partial charge in [0.1, 0.15) is 0 Å². The number of hydrogen-bond acceptors (Lipinski definition) is 6. The number of rotatable bonds is 0. The molecule has 56 valence electrons. The van der Waals surface area contributed by atoms with Crippen molar-refractivity contribution in [2.24, 2.45) is 0 Å². The fourth-order valence-corrected chi connectivity index (χ4v) is 0.439.